The number of urea groups is 1. The molecule has 0 fully saturated rings. The van der Waals surface area contributed by atoms with E-state index in [-0.39, 0.29) is 39.0 Å². The number of rotatable bonds is 10. The number of aromatic nitrogens is 2. The number of methoxy groups -OCH3 is 3. The summed E-state index contributed by atoms with van der Waals surface area (Å²) in [5, 5.41) is 8.76. The Morgan fingerprint density at radius 3 is 2.29 bits per heavy atom. The topological polar surface area (TPSA) is 127 Å². The van der Waals surface area contributed by atoms with Crippen molar-refractivity contribution >= 4 is 63.8 Å². The lowest BCUT2D eigenvalue weighted by molar-refractivity contribution is -0.111. The summed E-state index contributed by atoms with van der Waals surface area (Å²) in [4.78, 5) is 34.7. The Balaban J connectivity index is 1.85. The zero-order chi connectivity index (χ0) is 27.8. The van der Waals surface area contributed by atoms with E-state index in [1.54, 1.807) is 25.3 Å². The van der Waals surface area contributed by atoms with Crippen LogP contribution >= 0.6 is 23.2 Å². The maximum Gasteiger partial charge on any atom is 0.327 e. The van der Waals surface area contributed by atoms with Crippen LogP contribution in [-0.2, 0) is 16.1 Å². The van der Waals surface area contributed by atoms with Crippen molar-refractivity contribution in [2.45, 2.75) is 6.61 Å². The lowest BCUT2D eigenvalue weighted by Gasteiger charge is -2.20. The highest BCUT2D eigenvalue weighted by Gasteiger charge is 2.22. The first-order chi connectivity index (χ1) is 18.2. The smallest absolute Gasteiger partial charge is 0.327 e. The molecule has 38 heavy (non-hydrogen) atoms. The lowest BCUT2D eigenvalue weighted by atomic mass is 10.1. The molecule has 3 N–H and O–H groups in total. The standard InChI is InChI=1S/C25H26Cl2N6O5/c1-6-21(34)31-16-9-14(12-36-3)7-8-15(16)30-19-11-20(29-13-28-19)33(2)25(35)32-24-22(26)17(37-4)10-18(38-5)23(24)27/h6-11,13H,1,12H2,2-5H3,(H,31,34)(H,32,35)(H,28,29,30). The second-order valence-electron chi connectivity index (χ2n) is 7.67. The number of amides is 3. The van der Waals surface area contributed by atoms with Crippen LogP contribution in [0.25, 0.3) is 0 Å². The molecule has 0 spiro atoms. The van der Waals surface area contributed by atoms with Crippen LogP contribution in [0.2, 0.25) is 10.0 Å². The number of ether oxygens (including phenoxy) is 3. The van der Waals surface area contributed by atoms with Gasteiger partial charge in [0.05, 0.1) is 37.9 Å². The highest BCUT2D eigenvalue weighted by Crippen LogP contribution is 2.44. The second-order valence-corrected chi connectivity index (χ2v) is 8.42. The van der Waals surface area contributed by atoms with Crippen molar-refractivity contribution in [1.82, 2.24) is 9.97 Å². The number of nitrogens with zero attached hydrogens (tertiary/aromatic N) is 3. The van der Waals surface area contributed by atoms with Crippen molar-refractivity contribution in [3.8, 4) is 11.5 Å². The van der Waals surface area contributed by atoms with Gasteiger partial charge in [0.15, 0.2) is 0 Å². The summed E-state index contributed by atoms with van der Waals surface area (Å²) >= 11 is 12.7. The zero-order valence-corrected chi connectivity index (χ0v) is 22.6. The third-order valence-electron chi connectivity index (χ3n) is 5.21. The highest BCUT2D eigenvalue weighted by atomic mass is 35.5. The number of hydrogen-bond donors (Lipinski definition) is 3. The number of hydrogen-bond acceptors (Lipinski definition) is 8. The Morgan fingerprint density at radius 2 is 1.68 bits per heavy atom. The molecule has 0 radical (unpaired) electrons. The van der Waals surface area contributed by atoms with Crippen LogP contribution in [0.4, 0.5) is 33.5 Å². The van der Waals surface area contributed by atoms with Crippen molar-refractivity contribution in [3.05, 3.63) is 64.9 Å². The van der Waals surface area contributed by atoms with Crippen molar-refractivity contribution in [2.75, 3.05) is 49.2 Å². The second kappa shape index (κ2) is 13.0. The van der Waals surface area contributed by atoms with E-state index in [4.69, 9.17) is 37.4 Å². The number of carbonyl (C=O) groups is 2. The number of nitrogens with one attached hydrogen (secondary N) is 3. The van der Waals surface area contributed by atoms with Crippen molar-refractivity contribution < 1.29 is 23.8 Å². The molecular weight excluding hydrogens is 535 g/mol. The minimum atomic E-state index is -0.586. The lowest BCUT2D eigenvalue weighted by Crippen LogP contribution is -2.32. The fourth-order valence-corrected chi connectivity index (χ4v) is 3.87. The van der Waals surface area contributed by atoms with Crippen LogP contribution < -0.4 is 30.3 Å². The molecule has 200 valence electrons. The van der Waals surface area contributed by atoms with Gasteiger partial charge in [-0.25, -0.2) is 14.8 Å². The number of anilines is 5. The predicted molar refractivity (Wildman–Crippen MR) is 148 cm³/mol. The van der Waals surface area contributed by atoms with Crippen molar-refractivity contribution in [3.63, 3.8) is 0 Å². The largest absolute Gasteiger partial charge is 0.495 e. The van der Waals surface area contributed by atoms with Gasteiger partial charge in [-0.3, -0.25) is 9.69 Å². The SMILES string of the molecule is C=CC(=O)Nc1cc(COC)ccc1Nc1cc(N(C)C(=O)Nc2c(Cl)c(OC)cc(OC)c2Cl)ncn1. The van der Waals surface area contributed by atoms with Crippen molar-refractivity contribution in [1.29, 1.82) is 0 Å². The molecule has 0 aliphatic carbocycles. The first-order valence-electron chi connectivity index (χ1n) is 11.0. The maximum atomic E-state index is 13.1. The summed E-state index contributed by atoms with van der Waals surface area (Å²) in [6.07, 6.45) is 2.46. The molecule has 0 bridgehead atoms. The van der Waals surface area contributed by atoms with Gasteiger partial charge in [0.1, 0.15) is 39.5 Å². The predicted octanol–water partition coefficient (Wildman–Crippen LogP) is 5.48. The number of benzene rings is 2. The van der Waals surface area contributed by atoms with Gasteiger partial charge in [-0.2, -0.15) is 0 Å². The molecule has 2 aromatic carbocycles. The average molecular weight is 561 g/mol. The van der Waals surface area contributed by atoms with Crippen molar-refractivity contribution in [2.24, 2.45) is 0 Å². The molecule has 3 aromatic rings. The molecule has 1 heterocycles. The zero-order valence-electron chi connectivity index (χ0n) is 21.1. The van der Waals surface area contributed by atoms with Crippen LogP contribution in [0.5, 0.6) is 11.5 Å². The van der Waals surface area contributed by atoms with Crippen LogP contribution in [0.3, 0.4) is 0 Å². The fourth-order valence-electron chi connectivity index (χ4n) is 3.27. The van der Waals surface area contributed by atoms with E-state index in [2.05, 4.69) is 32.5 Å². The van der Waals surface area contributed by atoms with E-state index in [0.29, 0.717) is 23.8 Å². The third-order valence-corrected chi connectivity index (χ3v) is 5.96. The van der Waals surface area contributed by atoms with Gasteiger partial charge < -0.3 is 30.2 Å². The number of halogens is 2. The monoisotopic (exact) mass is 560 g/mol. The molecular formula is C25H26Cl2N6O5. The van der Waals surface area contributed by atoms with Crippen LogP contribution in [0.1, 0.15) is 5.56 Å². The Labute approximate surface area is 229 Å². The quantitative estimate of drug-likeness (QED) is 0.278. The molecule has 11 nitrogen and oxygen atoms in total. The Bertz CT molecular complexity index is 1330. The van der Waals surface area contributed by atoms with E-state index in [1.165, 1.54) is 44.6 Å². The minimum absolute atomic E-state index is 0.108. The van der Waals surface area contributed by atoms with E-state index < -0.39 is 6.03 Å². The Hall–Kier alpha value is -4.06. The van der Waals surface area contributed by atoms with Gasteiger partial charge in [-0.15, -0.1) is 0 Å². The molecule has 0 saturated heterocycles. The van der Waals surface area contributed by atoms with Crippen LogP contribution in [0, 0.1) is 0 Å². The summed E-state index contributed by atoms with van der Waals surface area (Å²) in [5.41, 5.74) is 2.02. The normalized spacial score (nSPS) is 10.4. The average Bonchev–Trinajstić information content (AvgIpc) is 2.92. The molecule has 3 rings (SSSR count). The van der Waals surface area contributed by atoms with Gasteiger partial charge >= 0.3 is 6.03 Å². The summed E-state index contributed by atoms with van der Waals surface area (Å²) in [6, 6.07) is 7.86. The molecule has 13 heteroatoms. The summed E-state index contributed by atoms with van der Waals surface area (Å²) in [5.74, 6) is 0.788. The fraction of sp³-hybridized carbons (Fsp3) is 0.200. The molecule has 0 atom stereocenters. The van der Waals surface area contributed by atoms with E-state index in [1.807, 2.05) is 6.07 Å². The third kappa shape index (κ3) is 6.62. The van der Waals surface area contributed by atoms with Crippen LogP contribution in [-0.4, -0.2) is 50.3 Å². The van der Waals surface area contributed by atoms with Gasteiger partial charge in [0.2, 0.25) is 5.91 Å². The first kappa shape index (κ1) is 28.5. The van der Waals surface area contributed by atoms with Gasteiger partial charge in [0, 0.05) is 26.3 Å². The summed E-state index contributed by atoms with van der Waals surface area (Å²) in [7, 11) is 5.95. The molecule has 1 aromatic heterocycles. The first-order valence-corrected chi connectivity index (χ1v) is 11.8. The van der Waals surface area contributed by atoms with E-state index in [0.717, 1.165) is 5.56 Å². The molecule has 0 aliphatic heterocycles. The Morgan fingerprint density at radius 1 is 1.00 bits per heavy atom. The Kier molecular flexibility index (Phi) is 9.72. The van der Waals surface area contributed by atoms with Crippen LogP contribution in [0.15, 0.2) is 49.3 Å². The van der Waals surface area contributed by atoms with Gasteiger partial charge in [-0.05, 0) is 23.8 Å². The summed E-state index contributed by atoms with van der Waals surface area (Å²) in [6.45, 7) is 3.85. The van der Waals surface area contributed by atoms with E-state index in [9.17, 15) is 9.59 Å². The highest BCUT2D eigenvalue weighted by molar-refractivity contribution is 6.41. The molecule has 0 unspecified atom stereocenters. The minimum Gasteiger partial charge on any atom is -0.495 e. The number of carbonyl (C=O) groups excluding carboxylic acids is 2. The van der Waals surface area contributed by atoms with Gasteiger partial charge in [-0.1, -0.05) is 35.8 Å². The van der Waals surface area contributed by atoms with Gasteiger partial charge in [0.25, 0.3) is 0 Å². The maximum absolute atomic E-state index is 13.1. The summed E-state index contributed by atoms with van der Waals surface area (Å²) < 4.78 is 15.7. The molecule has 3 amide bonds. The molecule has 0 saturated carbocycles. The molecule has 0 aliphatic rings. The van der Waals surface area contributed by atoms with E-state index >= 15 is 0 Å².